The minimum atomic E-state index is -0.833. The Morgan fingerprint density at radius 2 is 1.00 bits per heavy atom. The number of Topliss-reactive ketones (excluding diaryl/α,β-unsaturated/α-hetero) is 1. The molecule has 0 aromatic heterocycles. The molecule has 0 atom stereocenters. The molecule has 0 radical (unpaired) electrons. The average molecular weight is 270 g/mol. The van der Waals surface area contributed by atoms with Gasteiger partial charge in [0.2, 0.25) is 0 Å². The van der Waals surface area contributed by atoms with E-state index in [9.17, 15) is 4.79 Å². The molecule has 0 spiro atoms. The fourth-order valence-electron chi connectivity index (χ4n) is 0. The number of halogens is 3. The van der Waals surface area contributed by atoms with E-state index in [1.165, 1.54) is 13.8 Å². The number of rotatable bonds is 0. The maximum atomic E-state index is 9.44. The highest BCUT2D eigenvalue weighted by Gasteiger charge is 1.78. The lowest BCUT2D eigenvalue weighted by Crippen LogP contribution is -1.78. The van der Waals surface area contributed by atoms with Crippen LogP contribution in [0.4, 0.5) is 0 Å². The zero-order valence-electron chi connectivity index (χ0n) is 8.42. The van der Waals surface area contributed by atoms with Crippen molar-refractivity contribution in [3.63, 3.8) is 0 Å². The van der Waals surface area contributed by atoms with E-state index in [0.29, 0.717) is 0 Å². The number of carboxylic acid groups (broad SMARTS) is 1. The Morgan fingerprint density at radius 3 is 1.00 bits per heavy atom. The van der Waals surface area contributed by atoms with Crippen molar-refractivity contribution >= 4 is 46.6 Å². The van der Waals surface area contributed by atoms with E-state index < -0.39 is 10.3 Å². The van der Waals surface area contributed by atoms with Crippen LogP contribution in [0.5, 0.6) is 0 Å². The van der Waals surface area contributed by atoms with Crippen molar-refractivity contribution in [2.45, 2.75) is 25.1 Å². The predicted octanol–water partition coefficient (Wildman–Crippen LogP) is 2.28. The van der Waals surface area contributed by atoms with Gasteiger partial charge in [0, 0.05) is 14.0 Å². The Bertz CT molecular complexity index is 105. The van der Waals surface area contributed by atoms with Crippen molar-refractivity contribution < 1.29 is 19.8 Å². The quantitative estimate of drug-likeness (QED) is 0.662. The van der Waals surface area contributed by atoms with E-state index in [0.717, 1.165) is 14.0 Å². The molecule has 7 heteroatoms. The monoisotopic (exact) mass is 268 g/mol. The van der Waals surface area contributed by atoms with E-state index >= 15 is 0 Å². The van der Waals surface area contributed by atoms with E-state index in [1.807, 2.05) is 0 Å². The molecular formula is C7H15Cl3O4. The number of carboxylic acids is 1. The molecule has 0 saturated heterocycles. The van der Waals surface area contributed by atoms with Gasteiger partial charge < -0.3 is 15.0 Å². The summed E-state index contributed by atoms with van der Waals surface area (Å²) in [6.45, 7) is 4.14. The summed E-state index contributed by atoms with van der Waals surface area (Å²) in [4.78, 5) is 18.4. The number of carbonyl (C=O) groups is 2. The first-order valence-electron chi connectivity index (χ1n) is 3.23. The number of aliphatic hydroxyl groups is 1. The number of aliphatic carboxylic acids is 1. The Labute approximate surface area is 98.8 Å². The van der Waals surface area contributed by atoms with Gasteiger partial charge in [-0.3, -0.25) is 4.79 Å². The van der Waals surface area contributed by atoms with Crippen LogP contribution < -0.4 is 0 Å². The van der Waals surface area contributed by atoms with Crippen LogP contribution in [0, 0.1) is 0 Å². The van der Waals surface area contributed by atoms with Crippen molar-refractivity contribution in [2.24, 2.45) is 0 Å². The fraction of sp³-hybridized carbons (Fsp3) is 0.714. The Morgan fingerprint density at radius 1 is 1.00 bits per heavy atom. The van der Waals surface area contributed by atoms with Crippen LogP contribution in [0.15, 0.2) is 0 Å². The summed E-state index contributed by atoms with van der Waals surface area (Å²) >= 11 is 14.4. The number of alkyl halides is 3. The second-order valence-electron chi connectivity index (χ2n) is 1.67. The summed E-state index contributed by atoms with van der Waals surface area (Å²) in [5.41, 5.74) is 0. The lowest BCUT2D eigenvalue weighted by atomic mass is 10.6. The smallest absolute Gasteiger partial charge is 0.300 e. The minimum absolute atomic E-state index is 0.167. The highest BCUT2D eigenvalue weighted by atomic mass is 35.6. The molecule has 0 aliphatic heterocycles. The minimum Gasteiger partial charge on any atom is -0.481 e. The highest BCUT2D eigenvalue weighted by molar-refractivity contribution is 6.63. The zero-order valence-corrected chi connectivity index (χ0v) is 10.7. The molecular weight excluding hydrogens is 254 g/mol. The molecule has 0 unspecified atom stereocenters. The zero-order chi connectivity index (χ0) is 12.7. The van der Waals surface area contributed by atoms with Gasteiger partial charge in [-0.1, -0.05) is 34.8 Å². The van der Waals surface area contributed by atoms with Crippen LogP contribution in [-0.4, -0.2) is 33.4 Å². The molecule has 0 heterocycles. The molecule has 0 amide bonds. The largest absolute Gasteiger partial charge is 0.481 e. The molecule has 0 aromatic carbocycles. The Kier molecular flexibility index (Phi) is 39.0. The summed E-state index contributed by atoms with van der Waals surface area (Å²) in [7, 11) is 1.00. The van der Waals surface area contributed by atoms with Gasteiger partial charge in [0.1, 0.15) is 5.78 Å². The van der Waals surface area contributed by atoms with Gasteiger partial charge >= 0.3 is 0 Å². The van der Waals surface area contributed by atoms with Gasteiger partial charge in [-0.05, 0) is 13.8 Å². The highest BCUT2D eigenvalue weighted by Crippen LogP contribution is 2.03. The van der Waals surface area contributed by atoms with Crippen molar-refractivity contribution in [3.8, 4) is 0 Å². The molecule has 0 rings (SSSR count). The first kappa shape index (κ1) is 23.6. The lowest BCUT2D eigenvalue weighted by Gasteiger charge is -1.69. The molecule has 0 saturated carbocycles. The van der Waals surface area contributed by atoms with Crippen molar-refractivity contribution in [2.75, 3.05) is 7.11 Å². The molecule has 88 valence electrons. The SMILES string of the molecule is CC(=O)O.CC(C)=O.CO.ClC(Cl)Cl. The van der Waals surface area contributed by atoms with Gasteiger partial charge in [-0.15, -0.1) is 0 Å². The van der Waals surface area contributed by atoms with Crippen molar-refractivity contribution in [1.82, 2.24) is 0 Å². The van der Waals surface area contributed by atoms with E-state index in [1.54, 1.807) is 0 Å². The molecule has 0 aliphatic carbocycles. The second kappa shape index (κ2) is 23.1. The molecule has 0 bridgehead atoms. The van der Waals surface area contributed by atoms with E-state index in [2.05, 4.69) is 0 Å². The van der Waals surface area contributed by atoms with Crippen LogP contribution in [-0.2, 0) is 9.59 Å². The topological polar surface area (TPSA) is 74.6 Å². The summed E-state index contributed by atoms with van der Waals surface area (Å²) in [5, 5.41) is 14.4. The number of ketones is 1. The summed E-state index contributed by atoms with van der Waals surface area (Å²) in [5.74, 6) is -0.667. The summed E-state index contributed by atoms with van der Waals surface area (Å²) in [6.07, 6.45) is 0. The van der Waals surface area contributed by atoms with Gasteiger partial charge in [-0.25, -0.2) is 0 Å². The van der Waals surface area contributed by atoms with Gasteiger partial charge in [-0.2, -0.15) is 0 Å². The third kappa shape index (κ3) is 1600000. The normalized spacial score (nSPS) is 6.64. The number of hydrogen-bond acceptors (Lipinski definition) is 3. The van der Waals surface area contributed by atoms with Gasteiger partial charge in [0.25, 0.3) is 5.97 Å². The first-order valence-corrected chi connectivity index (χ1v) is 4.54. The molecule has 2 N–H and O–H groups in total. The second-order valence-corrected chi connectivity index (χ2v) is 3.65. The maximum Gasteiger partial charge on any atom is 0.300 e. The first-order chi connectivity index (χ1) is 6.20. The van der Waals surface area contributed by atoms with Crippen LogP contribution >= 0.6 is 34.8 Å². The Hall–Kier alpha value is -0.0300. The van der Waals surface area contributed by atoms with E-state index in [4.69, 9.17) is 49.8 Å². The van der Waals surface area contributed by atoms with Crippen LogP contribution in [0.25, 0.3) is 0 Å². The third-order valence-corrected chi connectivity index (χ3v) is 0. The molecule has 0 fully saturated rings. The fourth-order valence-corrected chi connectivity index (χ4v) is 0. The molecule has 14 heavy (non-hydrogen) atoms. The van der Waals surface area contributed by atoms with Gasteiger partial charge in [0.05, 0.1) is 0 Å². The number of carbonyl (C=O) groups excluding carboxylic acids is 1. The molecule has 0 aliphatic rings. The van der Waals surface area contributed by atoms with Gasteiger partial charge in [0.15, 0.2) is 4.30 Å². The lowest BCUT2D eigenvalue weighted by molar-refractivity contribution is -0.134. The maximum absolute atomic E-state index is 9.44. The Balaban J connectivity index is -0.0000000492. The molecule has 0 aromatic rings. The number of hydrogen-bond donors (Lipinski definition) is 2. The van der Waals surface area contributed by atoms with Crippen molar-refractivity contribution in [1.29, 1.82) is 0 Å². The van der Waals surface area contributed by atoms with Crippen molar-refractivity contribution in [3.05, 3.63) is 0 Å². The summed E-state index contributed by atoms with van der Waals surface area (Å²) < 4.78 is -0.750. The van der Waals surface area contributed by atoms with Crippen LogP contribution in [0.1, 0.15) is 20.8 Å². The average Bonchev–Trinajstić information content (AvgIpc) is 1.86. The standard InChI is InChI=1S/C3H6O.C2H4O2.CHCl3.CH4O/c1-3(2)4;1-2(3)4;2-1(3)4;1-2/h1-2H3;1H3,(H,3,4);1H;2H,1H3. The number of aliphatic hydroxyl groups excluding tert-OH is 1. The van der Waals surface area contributed by atoms with Crippen LogP contribution in [0.2, 0.25) is 0 Å². The summed E-state index contributed by atoms with van der Waals surface area (Å²) in [6, 6.07) is 0. The molecule has 4 nitrogen and oxygen atoms in total. The van der Waals surface area contributed by atoms with E-state index in [-0.39, 0.29) is 5.78 Å². The van der Waals surface area contributed by atoms with Crippen LogP contribution in [0.3, 0.4) is 0 Å². The third-order valence-electron chi connectivity index (χ3n) is 0. The predicted molar refractivity (Wildman–Crippen MR) is 59.2 cm³/mol.